The summed E-state index contributed by atoms with van der Waals surface area (Å²) in [7, 11) is 0.738. The molecule has 2 aromatic rings. The molecule has 0 aliphatic carbocycles. The SMILES string of the molecule is CCS(=O)(=O)c1ccc(CC(=O)Nc2ccc(N(C)C)c(C)c2)cc1. The van der Waals surface area contributed by atoms with E-state index in [1.54, 1.807) is 31.2 Å². The van der Waals surface area contributed by atoms with Crippen LogP contribution in [0.5, 0.6) is 0 Å². The van der Waals surface area contributed by atoms with Gasteiger partial charge in [-0.1, -0.05) is 19.1 Å². The lowest BCUT2D eigenvalue weighted by atomic mass is 10.1. The zero-order valence-corrected chi connectivity index (χ0v) is 15.9. The van der Waals surface area contributed by atoms with Gasteiger partial charge in [0.1, 0.15) is 0 Å². The van der Waals surface area contributed by atoms with E-state index >= 15 is 0 Å². The Hall–Kier alpha value is -2.34. The number of aryl methyl sites for hydroxylation is 1. The molecule has 0 heterocycles. The van der Waals surface area contributed by atoms with Gasteiger partial charge in [0, 0.05) is 25.5 Å². The number of carbonyl (C=O) groups is 1. The lowest BCUT2D eigenvalue weighted by Crippen LogP contribution is -2.15. The molecule has 1 N–H and O–H groups in total. The second-order valence-electron chi connectivity index (χ2n) is 6.17. The number of amides is 1. The van der Waals surface area contributed by atoms with Gasteiger partial charge in [-0.15, -0.1) is 0 Å². The predicted octanol–water partition coefficient (Wildman–Crippen LogP) is 3.04. The summed E-state index contributed by atoms with van der Waals surface area (Å²) in [5.41, 5.74) is 3.70. The van der Waals surface area contributed by atoms with Crippen molar-refractivity contribution >= 4 is 27.1 Å². The standard InChI is InChI=1S/C19H24N2O3S/c1-5-25(23,24)17-9-6-15(7-10-17)13-19(22)20-16-8-11-18(21(3)4)14(2)12-16/h6-12H,5,13H2,1-4H3,(H,20,22). The molecular weight excluding hydrogens is 336 g/mol. The number of nitrogens with zero attached hydrogens (tertiary/aromatic N) is 1. The summed E-state index contributed by atoms with van der Waals surface area (Å²) >= 11 is 0. The van der Waals surface area contributed by atoms with Crippen LogP contribution in [-0.2, 0) is 21.1 Å². The number of carbonyl (C=O) groups excluding carboxylic acids is 1. The minimum atomic E-state index is -3.21. The number of benzene rings is 2. The van der Waals surface area contributed by atoms with Crippen LogP contribution in [0, 0.1) is 6.92 Å². The molecule has 5 nitrogen and oxygen atoms in total. The monoisotopic (exact) mass is 360 g/mol. The molecule has 0 aliphatic rings. The van der Waals surface area contributed by atoms with E-state index in [1.165, 1.54) is 0 Å². The van der Waals surface area contributed by atoms with Crippen LogP contribution in [0.4, 0.5) is 11.4 Å². The van der Waals surface area contributed by atoms with Gasteiger partial charge < -0.3 is 10.2 Å². The van der Waals surface area contributed by atoms with E-state index in [-0.39, 0.29) is 23.0 Å². The van der Waals surface area contributed by atoms with E-state index in [9.17, 15) is 13.2 Å². The van der Waals surface area contributed by atoms with Gasteiger partial charge in [0.15, 0.2) is 9.84 Å². The number of sulfone groups is 1. The molecule has 25 heavy (non-hydrogen) atoms. The molecule has 2 rings (SSSR count). The maximum absolute atomic E-state index is 12.2. The van der Waals surface area contributed by atoms with E-state index in [2.05, 4.69) is 5.32 Å². The largest absolute Gasteiger partial charge is 0.377 e. The third-order valence-electron chi connectivity index (χ3n) is 3.99. The zero-order chi connectivity index (χ0) is 18.6. The Kier molecular flexibility index (Phi) is 5.85. The third kappa shape index (κ3) is 4.82. The summed E-state index contributed by atoms with van der Waals surface area (Å²) in [6.07, 6.45) is 0.195. The van der Waals surface area contributed by atoms with Gasteiger partial charge >= 0.3 is 0 Å². The van der Waals surface area contributed by atoms with Crippen molar-refractivity contribution < 1.29 is 13.2 Å². The molecule has 6 heteroatoms. The van der Waals surface area contributed by atoms with Crippen LogP contribution in [0.3, 0.4) is 0 Å². The average molecular weight is 360 g/mol. The van der Waals surface area contributed by atoms with Crippen LogP contribution in [0.15, 0.2) is 47.4 Å². The van der Waals surface area contributed by atoms with Crippen molar-refractivity contribution in [3.8, 4) is 0 Å². The highest BCUT2D eigenvalue weighted by molar-refractivity contribution is 7.91. The molecule has 0 spiro atoms. The Bertz CT molecular complexity index is 857. The quantitative estimate of drug-likeness (QED) is 0.860. The van der Waals surface area contributed by atoms with Crippen LogP contribution < -0.4 is 10.2 Å². The highest BCUT2D eigenvalue weighted by atomic mass is 32.2. The van der Waals surface area contributed by atoms with Gasteiger partial charge in [-0.25, -0.2) is 8.42 Å². The van der Waals surface area contributed by atoms with Crippen molar-refractivity contribution in [2.45, 2.75) is 25.2 Å². The lowest BCUT2D eigenvalue weighted by molar-refractivity contribution is -0.115. The average Bonchev–Trinajstić information content (AvgIpc) is 2.55. The van der Waals surface area contributed by atoms with E-state index in [4.69, 9.17) is 0 Å². The first-order valence-electron chi connectivity index (χ1n) is 8.12. The molecule has 0 atom stereocenters. The fraction of sp³-hybridized carbons (Fsp3) is 0.316. The summed E-state index contributed by atoms with van der Waals surface area (Å²) in [6.45, 7) is 3.61. The highest BCUT2D eigenvalue weighted by Crippen LogP contribution is 2.22. The van der Waals surface area contributed by atoms with Crippen LogP contribution in [0.25, 0.3) is 0 Å². The zero-order valence-electron chi connectivity index (χ0n) is 15.0. The van der Waals surface area contributed by atoms with Gasteiger partial charge in [-0.3, -0.25) is 4.79 Å². The molecule has 0 unspecified atom stereocenters. The normalized spacial score (nSPS) is 11.2. The lowest BCUT2D eigenvalue weighted by Gasteiger charge is -2.16. The molecule has 0 bridgehead atoms. The fourth-order valence-corrected chi connectivity index (χ4v) is 3.49. The van der Waals surface area contributed by atoms with E-state index in [0.29, 0.717) is 0 Å². The molecule has 1 amide bonds. The topological polar surface area (TPSA) is 66.5 Å². The van der Waals surface area contributed by atoms with Crippen molar-refractivity contribution in [2.75, 3.05) is 30.1 Å². The number of anilines is 2. The van der Waals surface area contributed by atoms with Crippen LogP contribution in [-0.4, -0.2) is 34.2 Å². The molecule has 0 saturated heterocycles. The number of hydrogen-bond acceptors (Lipinski definition) is 4. The minimum Gasteiger partial charge on any atom is -0.377 e. The molecule has 0 saturated carbocycles. The van der Waals surface area contributed by atoms with Gasteiger partial charge in [-0.05, 0) is 48.4 Å². The van der Waals surface area contributed by atoms with Gasteiger partial charge in [0.2, 0.25) is 5.91 Å². The van der Waals surface area contributed by atoms with Crippen molar-refractivity contribution in [2.24, 2.45) is 0 Å². The summed E-state index contributed by atoms with van der Waals surface area (Å²) in [4.78, 5) is 14.5. The first-order chi connectivity index (χ1) is 11.7. The number of rotatable bonds is 6. The Labute approximate surface area is 149 Å². The van der Waals surface area contributed by atoms with Crippen molar-refractivity contribution in [3.63, 3.8) is 0 Å². The number of nitrogens with one attached hydrogen (secondary N) is 1. The summed E-state index contributed by atoms with van der Waals surface area (Å²) in [5.74, 6) is -0.0714. The Morgan fingerprint density at radius 1 is 1.08 bits per heavy atom. The maximum Gasteiger partial charge on any atom is 0.228 e. The van der Waals surface area contributed by atoms with Crippen LogP contribution >= 0.6 is 0 Å². The molecular formula is C19H24N2O3S. The third-order valence-corrected chi connectivity index (χ3v) is 5.74. The first kappa shape index (κ1) is 19.0. The summed E-state index contributed by atoms with van der Waals surface area (Å²) in [5, 5.41) is 2.88. The van der Waals surface area contributed by atoms with Crippen LogP contribution in [0.2, 0.25) is 0 Å². The van der Waals surface area contributed by atoms with Crippen molar-refractivity contribution in [1.82, 2.24) is 0 Å². The van der Waals surface area contributed by atoms with Crippen molar-refractivity contribution in [3.05, 3.63) is 53.6 Å². The van der Waals surface area contributed by atoms with Gasteiger partial charge in [0.25, 0.3) is 0 Å². The molecule has 0 aromatic heterocycles. The molecule has 0 radical (unpaired) electrons. The Morgan fingerprint density at radius 3 is 2.24 bits per heavy atom. The highest BCUT2D eigenvalue weighted by Gasteiger charge is 2.12. The molecule has 0 aliphatic heterocycles. The van der Waals surface area contributed by atoms with E-state index in [1.807, 2.05) is 44.1 Å². The summed E-state index contributed by atoms with van der Waals surface area (Å²) in [6, 6.07) is 12.2. The molecule has 134 valence electrons. The second kappa shape index (κ2) is 7.70. The minimum absolute atomic E-state index is 0.0646. The van der Waals surface area contributed by atoms with Crippen LogP contribution in [0.1, 0.15) is 18.1 Å². The maximum atomic E-state index is 12.2. The fourth-order valence-electron chi connectivity index (χ4n) is 2.61. The Balaban J connectivity index is 2.04. The van der Waals surface area contributed by atoms with E-state index in [0.717, 1.165) is 22.5 Å². The number of hydrogen-bond donors (Lipinski definition) is 1. The van der Waals surface area contributed by atoms with Gasteiger partial charge in [0.05, 0.1) is 17.1 Å². The predicted molar refractivity (Wildman–Crippen MR) is 102 cm³/mol. The summed E-state index contributed by atoms with van der Waals surface area (Å²) < 4.78 is 23.6. The molecule has 2 aromatic carbocycles. The molecule has 0 fully saturated rings. The smallest absolute Gasteiger partial charge is 0.228 e. The Morgan fingerprint density at radius 2 is 1.72 bits per heavy atom. The first-order valence-corrected chi connectivity index (χ1v) is 9.77. The van der Waals surface area contributed by atoms with Gasteiger partial charge in [-0.2, -0.15) is 0 Å². The van der Waals surface area contributed by atoms with E-state index < -0.39 is 9.84 Å². The van der Waals surface area contributed by atoms with Crippen molar-refractivity contribution in [1.29, 1.82) is 0 Å². The second-order valence-corrected chi connectivity index (χ2v) is 8.45.